The molecule has 0 saturated heterocycles. The summed E-state index contributed by atoms with van der Waals surface area (Å²) in [6.07, 6.45) is 1.19. The average Bonchev–Trinajstić information content (AvgIpc) is 2.39. The Kier molecular flexibility index (Phi) is 3.66. The molecule has 1 aliphatic heterocycles. The Morgan fingerprint density at radius 1 is 1.05 bits per heavy atom. The summed E-state index contributed by atoms with van der Waals surface area (Å²) in [5.74, 6) is 0.0176. The van der Waals surface area contributed by atoms with Crippen molar-refractivity contribution in [3.8, 4) is 0 Å². The van der Waals surface area contributed by atoms with Crippen LogP contribution in [0.5, 0.6) is 0 Å². The highest BCUT2D eigenvalue weighted by Crippen LogP contribution is 2.34. The van der Waals surface area contributed by atoms with Gasteiger partial charge < -0.3 is 16.4 Å². The Labute approximate surface area is 132 Å². The lowest BCUT2D eigenvalue weighted by Crippen LogP contribution is -2.19. The topological polar surface area (TPSA) is 67.2 Å². The molecule has 2 aromatic rings. The zero-order valence-electron chi connectivity index (χ0n) is 11.0. The minimum Gasteiger partial charge on any atom is -0.397 e. The van der Waals surface area contributed by atoms with Gasteiger partial charge in [-0.3, -0.25) is 4.79 Å². The third kappa shape index (κ3) is 3.06. The lowest BCUT2D eigenvalue weighted by Gasteiger charge is -2.20. The molecule has 3 rings (SSSR count). The summed E-state index contributed by atoms with van der Waals surface area (Å²) >= 11 is 12.0. The van der Waals surface area contributed by atoms with E-state index in [1.165, 1.54) is 0 Å². The van der Waals surface area contributed by atoms with E-state index in [9.17, 15) is 4.79 Å². The van der Waals surface area contributed by atoms with E-state index in [2.05, 4.69) is 10.6 Å². The maximum Gasteiger partial charge on any atom is 0.224 e. The van der Waals surface area contributed by atoms with E-state index in [1.54, 1.807) is 18.2 Å². The quantitative estimate of drug-likeness (QED) is 0.726. The number of carbonyl (C=O) groups is 1. The molecule has 0 fully saturated rings. The zero-order chi connectivity index (χ0) is 15.0. The number of hydrogen-bond acceptors (Lipinski definition) is 3. The highest BCUT2D eigenvalue weighted by molar-refractivity contribution is 6.35. The summed E-state index contributed by atoms with van der Waals surface area (Å²) in [5, 5.41) is 7.10. The number of benzene rings is 2. The van der Waals surface area contributed by atoms with Gasteiger partial charge in [-0.25, -0.2) is 0 Å². The van der Waals surface area contributed by atoms with Gasteiger partial charge >= 0.3 is 0 Å². The minimum atomic E-state index is 0.0176. The van der Waals surface area contributed by atoms with Crippen molar-refractivity contribution in [1.29, 1.82) is 0 Å². The number of carbonyl (C=O) groups excluding carboxylic acids is 1. The molecule has 4 N–H and O–H groups in total. The van der Waals surface area contributed by atoms with Crippen LogP contribution in [-0.4, -0.2) is 5.91 Å². The lowest BCUT2D eigenvalue weighted by molar-refractivity contribution is -0.116. The molecule has 0 aromatic heterocycles. The standard InChI is InChI=1S/C15H13Cl2N3O/c16-9-4-10(17)6-11(5-9)19-14-7-13-8(3-12(14)18)1-2-15(21)20-13/h3-7,19H,1-2,18H2,(H,20,21). The summed E-state index contributed by atoms with van der Waals surface area (Å²) in [5.41, 5.74) is 9.95. The van der Waals surface area contributed by atoms with Crippen LogP contribution in [0.3, 0.4) is 0 Å². The fourth-order valence-corrected chi connectivity index (χ4v) is 2.86. The van der Waals surface area contributed by atoms with Crippen molar-refractivity contribution in [2.75, 3.05) is 16.4 Å². The first kappa shape index (κ1) is 14.0. The monoisotopic (exact) mass is 321 g/mol. The smallest absolute Gasteiger partial charge is 0.224 e. The molecular weight excluding hydrogens is 309 g/mol. The number of nitrogens with one attached hydrogen (secondary N) is 2. The molecule has 2 aromatic carbocycles. The molecule has 0 unspecified atom stereocenters. The van der Waals surface area contributed by atoms with Crippen molar-refractivity contribution in [1.82, 2.24) is 0 Å². The Morgan fingerprint density at radius 3 is 2.48 bits per heavy atom. The van der Waals surface area contributed by atoms with Crippen LogP contribution in [0.25, 0.3) is 0 Å². The maximum atomic E-state index is 11.5. The number of halogens is 2. The third-order valence-corrected chi connectivity index (χ3v) is 3.75. The minimum absolute atomic E-state index is 0.0176. The second-order valence-electron chi connectivity index (χ2n) is 4.93. The third-order valence-electron chi connectivity index (χ3n) is 3.31. The first-order valence-electron chi connectivity index (χ1n) is 6.46. The maximum absolute atomic E-state index is 11.5. The van der Waals surface area contributed by atoms with Crippen LogP contribution in [0.1, 0.15) is 12.0 Å². The van der Waals surface area contributed by atoms with Crippen LogP contribution in [-0.2, 0) is 11.2 Å². The van der Waals surface area contributed by atoms with Crippen LogP contribution in [0.2, 0.25) is 10.0 Å². The molecule has 0 atom stereocenters. The van der Waals surface area contributed by atoms with E-state index in [0.29, 0.717) is 34.3 Å². The summed E-state index contributed by atoms with van der Waals surface area (Å²) in [6.45, 7) is 0. The van der Waals surface area contributed by atoms with Gasteiger partial charge in [0.25, 0.3) is 0 Å². The molecule has 0 spiro atoms. The average molecular weight is 322 g/mol. The fraction of sp³-hybridized carbons (Fsp3) is 0.133. The molecule has 1 heterocycles. The van der Waals surface area contributed by atoms with E-state index in [4.69, 9.17) is 28.9 Å². The Morgan fingerprint density at radius 2 is 1.76 bits per heavy atom. The van der Waals surface area contributed by atoms with Gasteiger partial charge in [-0.15, -0.1) is 0 Å². The Balaban J connectivity index is 1.95. The highest BCUT2D eigenvalue weighted by atomic mass is 35.5. The van der Waals surface area contributed by atoms with Crippen LogP contribution < -0.4 is 16.4 Å². The molecule has 0 radical (unpaired) electrons. The number of anilines is 4. The van der Waals surface area contributed by atoms with Crippen LogP contribution in [0.4, 0.5) is 22.7 Å². The summed E-state index contributed by atoms with van der Waals surface area (Å²) < 4.78 is 0. The molecular formula is C15H13Cl2N3O. The summed E-state index contributed by atoms with van der Waals surface area (Å²) in [4.78, 5) is 11.5. The molecule has 108 valence electrons. The van der Waals surface area contributed by atoms with Crippen molar-refractivity contribution >= 4 is 51.9 Å². The number of rotatable bonds is 2. The van der Waals surface area contributed by atoms with Gasteiger partial charge in [-0.1, -0.05) is 23.2 Å². The number of fused-ring (bicyclic) bond motifs is 1. The Bertz CT molecular complexity index is 711. The van der Waals surface area contributed by atoms with Gasteiger partial charge in [-0.05, 0) is 42.3 Å². The van der Waals surface area contributed by atoms with Gasteiger partial charge in [0.15, 0.2) is 0 Å². The number of aryl methyl sites for hydroxylation is 1. The van der Waals surface area contributed by atoms with E-state index in [1.807, 2.05) is 12.1 Å². The SMILES string of the molecule is Nc1cc2c(cc1Nc1cc(Cl)cc(Cl)c1)NC(=O)CC2. The van der Waals surface area contributed by atoms with Crippen LogP contribution >= 0.6 is 23.2 Å². The fourth-order valence-electron chi connectivity index (χ4n) is 2.34. The number of nitrogens with two attached hydrogens (primary N) is 1. The van der Waals surface area contributed by atoms with Crippen LogP contribution in [0.15, 0.2) is 30.3 Å². The molecule has 1 aliphatic rings. The van der Waals surface area contributed by atoms with E-state index >= 15 is 0 Å². The Hall–Kier alpha value is -1.91. The first-order valence-corrected chi connectivity index (χ1v) is 7.22. The largest absolute Gasteiger partial charge is 0.397 e. The second-order valence-corrected chi connectivity index (χ2v) is 5.80. The lowest BCUT2D eigenvalue weighted by atomic mass is 10.0. The molecule has 21 heavy (non-hydrogen) atoms. The van der Waals surface area contributed by atoms with Gasteiger partial charge in [-0.2, -0.15) is 0 Å². The predicted octanol–water partition coefficient (Wildman–Crippen LogP) is 4.20. The van der Waals surface area contributed by atoms with Crippen molar-refractivity contribution < 1.29 is 4.79 Å². The second kappa shape index (κ2) is 5.47. The van der Waals surface area contributed by atoms with Gasteiger partial charge in [0, 0.05) is 27.8 Å². The summed E-state index contributed by atoms with van der Waals surface area (Å²) in [7, 11) is 0. The van der Waals surface area contributed by atoms with Gasteiger partial charge in [0.05, 0.1) is 11.4 Å². The van der Waals surface area contributed by atoms with Gasteiger partial charge in [0.1, 0.15) is 0 Å². The molecule has 0 bridgehead atoms. The van der Waals surface area contributed by atoms with E-state index in [0.717, 1.165) is 16.9 Å². The highest BCUT2D eigenvalue weighted by Gasteiger charge is 2.16. The number of nitrogen functional groups attached to an aromatic ring is 1. The zero-order valence-corrected chi connectivity index (χ0v) is 12.6. The molecule has 0 saturated carbocycles. The first-order chi connectivity index (χ1) is 10.0. The van der Waals surface area contributed by atoms with Crippen molar-refractivity contribution in [2.45, 2.75) is 12.8 Å². The van der Waals surface area contributed by atoms with Gasteiger partial charge in [0.2, 0.25) is 5.91 Å². The summed E-state index contributed by atoms with van der Waals surface area (Å²) in [6, 6.07) is 8.88. The van der Waals surface area contributed by atoms with E-state index < -0.39 is 0 Å². The van der Waals surface area contributed by atoms with Crippen molar-refractivity contribution in [3.63, 3.8) is 0 Å². The van der Waals surface area contributed by atoms with Crippen molar-refractivity contribution in [2.24, 2.45) is 0 Å². The van der Waals surface area contributed by atoms with Crippen molar-refractivity contribution in [3.05, 3.63) is 45.9 Å². The predicted molar refractivity (Wildman–Crippen MR) is 87.5 cm³/mol. The molecule has 4 nitrogen and oxygen atoms in total. The van der Waals surface area contributed by atoms with Crippen LogP contribution in [0, 0.1) is 0 Å². The molecule has 6 heteroatoms. The van der Waals surface area contributed by atoms with E-state index in [-0.39, 0.29) is 5.91 Å². The normalized spacial score (nSPS) is 13.5. The number of hydrogen-bond donors (Lipinski definition) is 3. The number of amides is 1. The molecule has 0 aliphatic carbocycles. The molecule has 1 amide bonds.